The lowest BCUT2D eigenvalue weighted by Crippen LogP contribution is -1.98. The second-order valence-corrected chi connectivity index (χ2v) is 3.21. The predicted molar refractivity (Wildman–Crippen MR) is 66.9 cm³/mol. The smallest absolute Gasteiger partial charge is 0.161 e. The minimum atomic E-state index is 0.539. The number of hydrogen-bond acceptors (Lipinski definition) is 3. The van der Waals surface area contributed by atoms with Crippen molar-refractivity contribution in [2.75, 3.05) is 19.8 Å². The van der Waals surface area contributed by atoms with Gasteiger partial charge in [0.15, 0.2) is 11.5 Å². The Morgan fingerprint density at radius 1 is 1.12 bits per heavy atom. The van der Waals surface area contributed by atoms with E-state index in [0.717, 1.165) is 17.1 Å². The van der Waals surface area contributed by atoms with E-state index >= 15 is 0 Å². The summed E-state index contributed by atoms with van der Waals surface area (Å²) in [5.74, 6) is 1.57. The summed E-state index contributed by atoms with van der Waals surface area (Å²) in [4.78, 5) is 0. The van der Waals surface area contributed by atoms with Crippen LogP contribution in [0.25, 0.3) is 6.08 Å². The molecule has 0 fully saturated rings. The maximum atomic E-state index is 5.52. The van der Waals surface area contributed by atoms with Crippen molar-refractivity contribution in [2.24, 2.45) is 5.73 Å². The van der Waals surface area contributed by atoms with Crippen molar-refractivity contribution in [3.63, 3.8) is 0 Å². The third-order valence-electron chi connectivity index (χ3n) is 2.01. The molecule has 2 N–H and O–H groups in total. The molecule has 16 heavy (non-hydrogen) atoms. The van der Waals surface area contributed by atoms with E-state index in [1.165, 1.54) is 0 Å². The zero-order valence-electron chi connectivity index (χ0n) is 9.90. The molecule has 0 aromatic heterocycles. The summed E-state index contributed by atoms with van der Waals surface area (Å²) in [6, 6.07) is 5.87. The quantitative estimate of drug-likeness (QED) is 0.802. The monoisotopic (exact) mass is 221 g/mol. The summed E-state index contributed by atoms with van der Waals surface area (Å²) < 4.78 is 11.0. The Morgan fingerprint density at radius 2 is 1.81 bits per heavy atom. The Hall–Kier alpha value is -1.48. The van der Waals surface area contributed by atoms with E-state index in [1.807, 2.05) is 44.2 Å². The molecule has 0 unspecified atom stereocenters. The van der Waals surface area contributed by atoms with Gasteiger partial charge in [-0.25, -0.2) is 0 Å². The first-order valence-electron chi connectivity index (χ1n) is 5.58. The molecule has 3 heteroatoms. The Labute approximate surface area is 96.9 Å². The van der Waals surface area contributed by atoms with E-state index < -0.39 is 0 Å². The van der Waals surface area contributed by atoms with Gasteiger partial charge in [-0.3, -0.25) is 0 Å². The Balaban J connectivity index is 2.92. The summed E-state index contributed by atoms with van der Waals surface area (Å²) in [6.07, 6.45) is 3.88. The van der Waals surface area contributed by atoms with Crippen LogP contribution >= 0.6 is 0 Å². The standard InChI is InChI=1S/C13H19NO2/c1-3-15-12-8-7-11(6-5-9-14)10-13(12)16-4-2/h5-8,10H,3-4,9,14H2,1-2H3. The number of ether oxygens (including phenoxy) is 2. The molecule has 0 aliphatic heterocycles. The van der Waals surface area contributed by atoms with Crippen LogP contribution in [0.5, 0.6) is 11.5 Å². The second-order valence-electron chi connectivity index (χ2n) is 3.21. The lowest BCUT2D eigenvalue weighted by molar-refractivity contribution is 0.287. The van der Waals surface area contributed by atoms with E-state index in [-0.39, 0.29) is 0 Å². The number of nitrogens with two attached hydrogens (primary N) is 1. The average Bonchev–Trinajstić information content (AvgIpc) is 2.30. The first-order valence-corrected chi connectivity index (χ1v) is 5.58. The lowest BCUT2D eigenvalue weighted by Gasteiger charge is -2.11. The third-order valence-corrected chi connectivity index (χ3v) is 2.01. The third kappa shape index (κ3) is 3.59. The summed E-state index contributed by atoms with van der Waals surface area (Å²) in [5.41, 5.74) is 6.47. The number of rotatable bonds is 6. The van der Waals surface area contributed by atoms with Crippen molar-refractivity contribution in [1.29, 1.82) is 0 Å². The van der Waals surface area contributed by atoms with Gasteiger partial charge in [0.05, 0.1) is 13.2 Å². The highest BCUT2D eigenvalue weighted by molar-refractivity contribution is 5.56. The van der Waals surface area contributed by atoms with E-state index in [0.29, 0.717) is 19.8 Å². The predicted octanol–water partition coefficient (Wildman–Crippen LogP) is 2.46. The highest BCUT2D eigenvalue weighted by Gasteiger charge is 2.04. The van der Waals surface area contributed by atoms with Gasteiger partial charge in [0.1, 0.15) is 0 Å². The normalized spacial score (nSPS) is 10.7. The molecule has 0 spiro atoms. The number of benzene rings is 1. The molecule has 88 valence electrons. The molecular formula is C13H19NO2. The van der Waals surface area contributed by atoms with E-state index in [2.05, 4.69) is 0 Å². The van der Waals surface area contributed by atoms with Gasteiger partial charge in [-0.1, -0.05) is 18.2 Å². The van der Waals surface area contributed by atoms with Gasteiger partial charge in [0.25, 0.3) is 0 Å². The van der Waals surface area contributed by atoms with Crippen molar-refractivity contribution in [1.82, 2.24) is 0 Å². The van der Waals surface area contributed by atoms with Gasteiger partial charge in [0, 0.05) is 6.54 Å². The van der Waals surface area contributed by atoms with Crippen molar-refractivity contribution in [2.45, 2.75) is 13.8 Å². The Morgan fingerprint density at radius 3 is 2.44 bits per heavy atom. The molecule has 1 rings (SSSR count). The Kier molecular flexibility index (Phi) is 5.43. The van der Waals surface area contributed by atoms with Crippen LogP contribution in [-0.4, -0.2) is 19.8 Å². The van der Waals surface area contributed by atoms with Gasteiger partial charge in [-0.15, -0.1) is 0 Å². The molecule has 0 amide bonds. The number of hydrogen-bond donors (Lipinski definition) is 1. The fraction of sp³-hybridized carbons (Fsp3) is 0.385. The summed E-state index contributed by atoms with van der Waals surface area (Å²) >= 11 is 0. The zero-order chi connectivity index (χ0) is 11.8. The van der Waals surface area contributed by atoms with Crippen LogP contribution in [0.1, 0.15) is 19.4 Å². The van der Waals surface area contributed by atoms with Gasteiger partial charge in [-0.05, 0) is 31.5 Å². The molecule has 3 nitrogen and oxygen atoms in total. The van der Waals surface area contributed by atoms with Gasteiger partial charge in [0.2, 0.25) is 0 Å². The molecule has 0 aliphatic rings. The van der Waals surface area contributed by atoms with Crippen LogP contribution < -0.4 is 15.2 Å². The fourth-order valence-electron chi connectivity index (χ4n) is 1.38. The van der Waals surface area contributed by atoms with Crippen molar-refractivity contribution in [3.05, 3.63) is 29.8 Å². The van der Waals surface area contributed by atoms with Crippen LogP contribution in [0.2, 0.25) is 0 Å². The minimum Gasteiger partial charge on any atom is -0.490 e. The second kappa shape index (κ2) is 6.90. The van der Waals surface area contributed by atoms with Gasteiger partial charge < -0.3 is 15.2 Å². The molecule has 1 aromatic rings. The van der Waals surface area contributed by atoms with Crippen LogP contribution in [-0.2, 0) is 0 Å². The van der Waals surface area contributed by atoms with Crippen molar-refractivity contribution >= 4 is 6.08 Å². The molecule has 0 aliphatic carbocycles. The maximum Gasteiger partial charge on any atom is 0.161 e. The highest BCUT2D eigenvalue weighted by Crippen LogP contribution is 2.28. The van der Waals surface area contributed by atoms with Crippen molar-refractivity contribution < 1.29 is 9.47 Å². The summed E-state index contributed by atoms with van der Waals surface area (Å²) in [7, 11) is 0. The van der Waals surface area contributed by atoms with Crippen LogP contribution in [0.3, 0.4) is 0 Å². The first-order chi connectivity index (χ1) is 7.81. The van der Waals surface area contributed by atoms with Crippen molar-refractivity contribution in [3.8, 4) is 11.5 Å². The van der Waals surface area contributed by atoms with Gasteiger partial charge >= 0.3 is 0 Å². The first kappa shape index (κ1) is 12.6. The topological polar surface area (TPSA) is 44.5 Å². The van der Waals surface area contributed by atoms with Crippen LogP contribution in [0, 0.1) is 0 Å². The molecule has 0 saturated carbocycles. The molecule has 0 radical (unpaired) electrons. The molecular weight excluding hydrogens is 202 g/mol. The van der Waals surface area contributed by atoms with Crippen LogP contribution in [0.4, 0.5) is 0 Å². The Bertz CT molecular complexity index is 348. The maximum absolute atomic E-state index is 5.52. The highest BCUT2D eigenvalue weighted by atomic mass is 16.5. The average molecular weight is 221 g/mol. The zero-order valence-corrected chi connectivity index (χ0v) is 9.90. The largest absolute Gasteiger partial charge is 0.490 e. The van der Waals surface area contributed by atoms with E-state index in [1.54, 1.807) is 0 Å². The minimum absolute atomic E-state index is 0.539. The summed E-state index contributed by atoms with van der Waals surface area (Å²) in [5, 5.41) is 0. The fourth-order valence-corrected chi connectivity index (χ4v) is 1.38. The van der Waals surface area contributed by atoms with Crippen LogP contribution in [0.15, 0.2) is 24.3 Å². The molecule has 0 bridgehead atoms. The molecule has 0 saturated heterocycles. The van der Waals surface area contributed by atoms with E-state index in [4.69, 9.17) is 15.2 Å². The SMILES string of the molecule is CCOc1ccc(C=CCN)cc1OCC. The molecule has 1 aromatic carbocycles. The molecule has 0 atom stereocenters. The van der Waals surface area contributed by atoms with E-state index in [9.17, 15) is 0 Å². The lowest BCUT2D eigenvalue weighted by atomic mass is 10.2. The molecule has 0 heterocycles. The summed E-state index contributed by atoms with van der Waals surface area (Å²) in [6.45, 7) is 5.72. The van der Waals surface area contributed by atoms with Gasteiger partial charge in [-0.2, -0.15) is 0 Å².